The van der Waals surface area contributed by atoms with Gasteiger partial charge in [-0.2, -0.15) is 0 Å². The molecule has 0 atom stereocenters. The van der Waals surface area contributed by atoms with Gasteiger partial charge in [0.1, 0.15) is 0 Å². The van der Waals surface area contributed by atoms with E-state index in [0.29, 0.717) is 13.1 Å². The summed E-state index contributed by atoms with van der Waals surface area (Å²) in [6, 6.07) is 0. The molecule has 6 nitrogen and oxygen atoms in total. The summed E-state index contributed by atoms with van der Waals surface area (Å²) in [4.78, 5) is 27.2. The number of rotatable bonds is 7. The first-order valence-corrected chi connectivity index (χ1v) is 6.25. The van der Waals surface area contributed by atoms with Crippen molar-refractivity contribution < 1.29 is 4.79 Å². The number of hydrogen-bond acceptors (Lipinski definition) is 4. The van der Waals surface area contributed by atoms with Crippen molar-refractivity contribution in [3.63, 3.8) is 0 Å². The Labute approximate surface area is 106 Å². The predicted molar refractivity (Wildman–Crippen MR) is 70.6 cm³/mol. The molecule has 0 spiro atoms. The summed E-state index contributed by atoms with van der Waals surface area (Å²) in [6.07, 6.45) is 4.97. The van der Waals surface area contributed by atoms with Gasteiger partial charge >= 0.3 is 0 Å². The number of hydrogen-bond donors (Lipinski definition) is 2. The van der Waals surface area contributed by atoms with E-state index in [4.69, 9.17) is 0 Å². The largest absolute Gasteiger partial charge is 0.356 e. The summed E-state index contributed by atoms with van der Waals surface area (Å²) in [5.41, 5.74) is -0.192. The van der Waals surface area contributed by atoms with E-state index < -0.39 is 0 Å². The van der Waals surface area contributed by atoms with Crippen LogP contribution in [0.25, 0.3) is 0 Å². The van der Waals surface area contributed by atoms with Gasteiger partial charge in [-0.05, 0) is 12.8 Å². The van der Waals surface area contributed by atoms with E-state index in [1.54, 1.807) is 17.0 Å². The smallest absolute Gasteiger partial charge is 0.293 e. The van der Waals surface area contributed by atoms with Crippen molar-refractivity contribution in [2.24, 2.45) is 0 Å². The Kier molecular flexibility index (Phi) is 5.90. The summed E-state index contributed by atoms with van der Waals surface area (Å²) in [7, 11) is 0. The lowest BCUT2D eigenvalue weighted by Crippen LogP contribution is -2.33. The predicted octanol–water partition coefficient (Wildman–Crippen LogP) is 0.591. The number of carbonyl (C=O) groups is 1. The van der Waals surface area contributed by atoms with Crippen LogP contribution in [0.15, 0.2) is 17.2 Å². The van der Waals surface area contributed by atoms with E-state index in [0.717, 1.165) is 12.8 Å². The Balaban J connectivity index is 2.59. The summed E-state index contributed by atoms with van der Waals surface area (Å²) in [6.45, 7) is 5.34. The van der Waals surface area contributed by atoms with Gasteiger partial charge in [-0.25, -0.2) is 4.98 Å². The Morgan fingerprint density at radius 3 is 2.83 bits per heavy atom. The van der Waals surface area contributed by atoms with Crippen LogP contribution < -0.4 is 16.2 Å². The third-order valence-electron chi connectivity index (χ3n) is 2.37. The summed E-state index contributed by atoms with van der Waals surface area (Å²) in [5, 5.41) is 5.49. The van der Waals surface area contributed by atoms with Crippen molar-refractivity contribution in [2.75, 3.05) is 18.4 Å². The first-order chi connectivity index (χ1) is 8.69. The highest BCUT2D eigenvalue weighted by Crippen LogP contribution is 1.93. The number of carbonyl (C=O) groups excluding carboxylic acids is 1. The minimum absolute atomic E-state index is 0.0678. The van der Waals surface area contributed by atoms with Gasteiger partial charge in [0.25, 0.3) is 5.56 Å². The number of nitrogens with zero attached hydrogens (tertiary/aromatic N) is 2. The lowest BCUT2D eigenvalue weighted by atomic mass is 10.4. The quantitative estimate of drug-likeness (QED) is 0.744. The Bertz CT molecular complexity index is 442. The maximum atomic E-state index is 11.9. The van der Waals surface area contributed by atoms with Crippen LogP contribution in [0.3, 0.4) is 0 Å². The van der Waals surface area contributed by atoms with Gasteiger partial charge in [0, 0.05) is 25.5 Å². The molecule has 0 unspecified atom stereocenters. The van der Waals surface area contributed by atoms with Gasteiger partial charge in [-0.15, -0.1) is 0 Å². The molecule has 0 saturated heterocycles. The number of aromatic nitrogens is 2. The maximum Gasteiger partial charge on any atom is 0.293 e. The van der Waals surface area contributed by atoms with Gasteiger partial charge in [-0.3, -0.25) is 9.59 Å². The standard InChI is InChI=1S/C12H20N4O2/c1-3-5-13-10(17)9-15-11-12(18)16(7-4-2)8-6-14-11/h6,8H,3-5,7,9H2,1-2H3,(H,13,17)(H,14,15). The molecule has 18 heavy (non-hydrogen) atoms. The highest BCUT2D eigenvalue weighted by atomic mass is 16.2. The molecule has 0 aliphatic heterocycles. The molecule has 1 heterocycles. The van der Waals surface area contributed by atoms with Crippen molar-refractivity contribution in [1.29, 1.82) is 0 Å². The Hall–Kier alpha value is -1.85. The van der Waals surface area contributed by atoms with Crippen molar-refractivity contribution in [1.82, 2.24) is 14.9 Å². The van der Waals surface area contributed by atoms with E-state index in [9.17, 15) is 9.59 Å². The zero-order valence-electron chi connectivity index (χ0n) is 10.9. The van der Waals surface area contributed by atoms with Crippen LogP contribution in [0.2, 0.25) is 0 Å². The van der Waals surface area contributed by atoms with Gasteiger partial charge in [-0.1, -0.05) is 13.8 Å². The SMILES string of the molecule is CCCNC(=O)CNc1nccn(CCC)c1=O. The van der Waals surface area contributed by atoms with Crippen molar-refractivity contribution >= 4 is 11.7 Å². The Morgan fingerprint density at radius 1 is 1.39 bits per heavy atom. The number of aryl methyl sites for hydroxylation is 1. The minimum Gasteiger partial charge on any atom is -0.356 e. The zero-order valence-corrected chi connectivity index (χ0v) is 10.9. The lowest BCUT2D eigenvalue weighted by Gasteiger charge is -2.08. The second kappa shape index (κ2) is 7.47. The van der Waals surface area contributed by atoms with Crippen molar-refractivity contribution in [3.8, 4) is 0 Å². The summed E-state index contributed by atoms with van der Waals surface area (Å²) in [5.74, 6) is 0.0848. The summed E-state index contributed by atoms with van der Waals surface area (Å²) >= 11 is 0. The van der Waals surface area contributed by atoms with E-state index in [-0.39, 0.29) is 23.8 Å². The summed E-state index contributed by atoms with van der Waals surface area (Å²) < 4.78 is 1.58. The molecule has 2 N–H and O–H groups in total. The van der Waals surface area contributed by atoms with Crippen LogP contribution >= 0.6 is 0 Å². The maximum absolute atomic E-state index is 11.9. The second-order valence-corrected chi connectivity index (χ2v) is 3.98. The first-order valence-electron chi connectivity index (χ1n) is 6.25. The van der Waals surface area contributed by atoms with Gasteiger partial charge < -0.3 is 15.2 Å². The minimum atomic E-state index is -0.192. The Morgan fingerprint density at radius 2 is 2.17 bits per heavy atom. The molecule has 6 heteroatoms. The zero-order chi connectivity index (χ0) is 13.4. The average Bonchev–Trinajstić information content (AvgIpc) is 2.37. The molecule has 1 rings (SSSR count). The van der Waals surface area contributed by atoms with Crippen LogP contribution in [0.5, 0.6) is 0 Å². The molecule has 1 amide bonds. The normalized spacial score (nSPS) is 10.1. The fourth-order valence-corrected chi connectivity index (χ4v) is 1.48. The van der Waals surface area contributed by atoms with E-state index in [1.165, 1.54) is 0 Å². The number of nitrogens with one attached hydrogen (secondary N) is 2. The molecule has 1 aromatic heterocycles. The van der Waals surface area contributed by atoms with Crippen LogP contribution in [-0.2, 0) is 11.3 Å². The highest BCUT2D eigenvalue weighted by Gasteiger charge is 2.06. The van der Waals surface area contributed by atoms with E-state index in [1.807, 2.05) is 13.8 Å². The van der Waals surface area contributed by atoms with Crippen molar-refractivity contribution in [3.05, 3.63) is 22.7 Å². The fraction of sp³-hybridized carbons (Fsp3) is 0.583. The molecule has 100 valence electrons. The molecule has 0 aliphatic carbocycles. The highest BCUT2D eigenvalue weighted by molar-refractivity contribution is 5.80. The lowest BCUT2D eigenvalue weighted by molar-refractivity contribution is -0.119. The molecule has 1 aromatic rings. The third kappa shape index (κ3) is 4.20. The average molecular weight is 252 g/mol. The van der Waals surface area contributed by atoms with Crippen LogP contribution in [0, 0.1) is 0 Å². The molecular formula is C12H20N4O2. The van der Waals surface area contributed by atoms with E-state index in [2.05, 4.69) is 15.6 Å². The molecule has 0 fully saturated rings. The van der Waals surface area contributed by atoms with Crippen LogP contribution in [0.1, 0.15) is 26.7 Å². The third-order valence-corrected chi connectivity index (χ3v) is 2.37. The monoisotopic (exact) mass is 252 g/mol. The van der Waals surface area contributed by atoms with Gasteiger partial charge in [0.05, 0.1) is 6.54 Å². The van der Waals surface area contributed by atoms with E-state index >= 15 is 0 Å². The fourth-order valence-electron chi connectivity index (χ4n) is 1.48. The number of amides is 1. The van der Waals surface area contributed by atoms with Crippen LogP contribution in [0.4, 0.5) is 5.82 Å². The van der Waals surface area contributed by atoms with Gasteiger partial charge in [0.2, 0.25) is 5.91 Å². The molecule has 0 bridgehead atoms. The molecule has 0 aromatic carbocycles. The molecule has 0 saturated carbocycles. The topological polar surface area (TPSA) is 76.0 Å². The second-order valence-electron chi connectivity index (χ2n) is 3.98. The van der Waals surface area contributed by atoms with Gasteiger partial charge in [0.15, 0.2) is 5.82 Å². The molecular weight excluding hydrogens is 232 g/mol. The van der Waals surface area contributed by atoms with Crippen LogP contribution in [-0.4, -0.2) is 28.5 Å². The number of anilines is 1. The first kappa shape index (κ1) is 14.2. The molecule has 0 aliphatic rings. The van der Waals surface area contributed by atoms with Crippen molar-refractivity contribution in [2.45, 2.75) is 33.2 Å². The molecule has 0 radical (unpaired) electrons.